The molecule has 1 atom stereocenters. The van der Waals surface area contributed by atoms with Gasteiger partial charge in [-0.05, 0) is 37.2 Å². The van der Waals surface area contributed by atoms with Gasteiger partial charge >= 0.3 is 6.18 Å². The van der Waals surface area contributed by atoms with E-state index in [2.05, 4.69) is 5.32 Å². The maximum Gasteiger partial charge on any atom is 0.416 e. The summed E-state index contributed by atoms with van der Waals surface area (Å²) in [5.41, 5.74) is 2.04. The van der Waals surface area contributed by atoms with Crippen LogP contribution in [-0.2, 0) is 6.18 Å². The number of nitrogens with one attached hydrogen (secondary N) is 1. The zero-order valence-corrected chi connectivity index (χ0v) is 11.3. The lowest BCUT2D eigenvalue weighted by atomic mass is 9.96. The lowest BCUT2D eigenvalue weighted by Gasteiger charge is -2.19. The van der Waals surface area contributed by atoms with Gasteiger partial charge in [0.1, 0.15) is 0 Å². The Hall–Kier alpha value is -1.81. The van der Waals surface area contributed by atoms with Crippen LogP contribution >= 0.6 is 0 Å². The number of alkyl halides is 3. The summed E-state index contributed by atoms with van der Waals surface area (Å²) >= 11 is 0. The highest BCUT2D eigenvalue weighted by Crippen LogP contribution is 2.32. The number of hydrogen-bond acceptors (Lipinski definition) is 1. The zero-order valence-electron chi connectivity index (χ0n) is 11.3. The van der Waals surface area contributed by atoms with Crippen LogP contribution in [0.4, 0.5) is 13.2 Å². The lowest BCUT2D eigenvalue weighted by Crippen LogP contribution is -2.18. The summed E-state index contributed by atoms with van der Waals surface area (Å²) in [6.07, 6.45) is -4.32. The van der Waals surface area contributed by atoms with Gasteiger partial charge in [0.15, 0.2) is 0 Å². The molecule has 0 aromatic heterocycles. The molecule has 1 unspecified atom stereocenters. The molecule has 1 nitrogen and oxygen atoms in total. The fraction of sp³-hybridized carbons (Fsp3) is 0.250. The molecule has 0 aliphatic carbocycles. The molecule has 20 heavy (non-hydrogen) atoms. The molecule has 0 spiro atoms. The van der Waals surface area contributed by atoms with E-state index < -0.39 is 11.7 Å². The van der Waals surface area contributed by atoms with Crippen LogP contribution in [0.25, 0.3) is 0 Å². The van der Waals surface area contributed by atoms with E-state index >= 15 is 0 Å². The molecule has 0 fully saturated rings. The molecular formula is C16H16F3N. The van der Waals surface area contributed by atoms with Gasteiger partial charge < -0.3 is 5.32 Å². The monoisotopic (exact) mass is 279 g/mol. The Morgan fingerprint density at radius 2 is 1.60 bits per heavy atom. The molecule has 0 saturated carbocycles. The molecule has 2 rings (SSSR count). The second-order valence-electron chi connectivity index (χ2n) is 4.76. The highest BCUT2D eigenvalue weighted by atomic mass is 19.4. The highest BCUT2D eigenvalue weighted by molar-refractivity contribution is 5.36. The molecule has 0 saturated heterocycles. The van der Waals surface area contributed by atoms with Crippen molar-refractivity contribution in [1.29, 1.82) is 0 Å². The second-order valence-corrected chi connectivity index (χ2v) is 4.76. The van der Waals surface area contributed by atoms with Crippen molar-refractivity contribution in [2.75, 3.05) is 7.05 Å². The van der Waals surface area contributed by atoms with E-state index in [-0.39, 0.29) is 6.04 Å². The Morgan fingerprint density at radius 3 is 2.15 bits per heavy atom. The van der Waals surface area contributed by atoms with E-state index in [0.29, 0.717) is 5.56 Å². The van der Waals surface area contributed by atoms with E-state index in [4.69, 9.17) is 0 Å². The molecule has 0 aliphatic rings. The minimum absolute atomic E-state index is 0.252. The third kappa shape index (κ3) is 3.20. The van der Waals surface area contributed by atoms with E-state index in [1.807, 2.05) is 31.2 Å². The summed E-state index contributed by atoms with van der Waals surface area (Å²) in [6.45, 7) is 1.97. The van der Waals surface area contributed by atoms with Crippen LogP contribution in [0, 0.1) is 6.92 Å². The van der Waals surface area contributed by atoms with E-state index in [1.165, 1.54) is 12.1 Å². The number of hydrogen-bond donors (Lipinski definition) is 1. The third-order valence-electron chi connectivity index (χ3n) is 3.25. The number of halogens is 3. The van der Waals surface area contributed by atoms with Gasteiger partial charge in [-0.3, -0.25) is 0 Å². The lowest BCUT2D eigenvalue weighted by molar-refractivity contribution is -0.137. The summed E-state index contributed by atoms with van der Waals surface area (Å²) in [7, 11) is 1.74. The topological polar surface area (TPSA) is 12.0 Å². The van der Waals surface area contributed by atoms with Gasteiger partial charge in [-0.1, -0.05) is 42.0 Å². The van der Waals surface area contributed by atoms with Crippen molar-refractivity contribution in [3.8, 4) is 0 Å². The van der Waals surface area contributed by atoms with Crippen molar-refractivity contribution in [2.24, 2.45) is 0 Å². The molecule has 0 amide bonds. The predicted molar refractivity (Wildman–Crippen MR) is 73.5 cm³/mol. The molecule has 4 heteroatoms. The van der Waals surface area contributed by atoms with Crippen molar-refractivity contribution in [2.45, 2.75) is 19.1 Å². The van der Waals surface area contributed by atoms with Gasteiger partial charge in [-0.2, -0.15) is 13.2 Å². The van der Waals surface area contributed by atoms with Gasteiger partial charge in [-0.25, -0.2) is 0 Å². The smallest absolute Gasteiger partial charge is 0.309 e. The summed E-state index contributed by atoms with van der Waals surface area (Å²) in [6, 6.07) is 12.9. The Kier molecular flexibility index (Phi) is 4.14. The largest absolute Gasteiger partial charge is 0.416 e. The van der Waals surface area contributed by atoms with Crippen molar-refractivity contribution in [1.82, 2.24) is 5.32 Å². The van der Waals surface area contributed by atoms with E-state index in [9.17, 15) is 13.2 Å². The fourth-order valence-corrected chi connectivity index (χ4v) is 2.18. The first-order chi connectivity index (χ1) is 9.41. The van der Waals surface area contributed by atoms with Crippen LogP contribution in [0.2, 0.25) is 0 Å². The summed E-state index contributed by atoms with van der Waals surface area (Å²) < 4.78 is 38.3. The van der Waals surface area contributed by atoms with Crippen LogP contribution in [0.5, 0.6) is 0 Å². The van der Waals surface area contributed by atoms with E-state index in [1.54, 1.807) is 13.1 Å². The Balaban J connectivity index is 2.39. The summed E-state index contributed by atoms with van der Waals surface area (Å²) in [5.74, 6) is 0. The quantitative estimate of drug-likeness (QED) is 0.882. The number of rotatable bonds is 3. The molecule has 0 heterocycles. The molecule has 2 aromatic carbocycles. The molecule has 106 valence electrons. The minimum atomic E-state index is -4.32. The van der Waals surface area contributed by atoms with Gasteiger partial charge in [-0.15, -0.1) is 0 Å². The highest BCUT2D eigenvalue weighted by Gasteiger charge is 2.31. The Labute approximate surface area is 116 Å². The first-order valence-electron chi connectivity index (χ1n) is 6.33. The standard InChI is InChI=1S/C16H16F3N/c1-11-6-8-12(9-7-11)15(20-2)13-4-3-5-14(10-13)16(17,18)19/h3-10,15,20H,1-2H3. The molecule has 2 aromatic rings. The number of aryl methyl sites for hydroxylation is 1. The van der Waals surface area contributed by atoms with Crippen molar-refractivity contribution in [3.63, 3.8) is 0 Å². The Bertz CT molecular complexity index is 573. The number of benzene rings is 2. The average molecular weight is 279 g/mol. The van der Waals surface area contributed by atoms with Gasteiger partial charge in [0, 0.05) is 0 Å². The second kappa shape index (κ2) is 5.67. The first kappa shape index (κ1) is 14.6. The van der Waals surface area contributed by atoms with Crippen LogP contribution in [0.1, 0.15) is 28.3 Å². The van der Waals surface area contributed by atoms with Gasteiger partial charge in [0.2, 0.25) is 0 Å². The van der Waals surface area contributed by atoms with Crippen LogP contribution in [0.15, 0.2) is 48.5 Å². The third-order valence-corrected chi connectivity index (χ3v) is 3.25. The SMILES string of the molecule is CNC(c1ccc(C)cc1)c1cccc(C(F)(F)F)c1. The van der Waals surface area contributed by atoms with Crippen LogP contribution < -0.4 is 5.32 Å². The maximum atomic E-state index is 12.8. The maximum absolute atomic E-state index is 12.8. The zero-order chi connectivity index (χ0) is 14.8. The Morgan fingerprint density at radius 1 is 0.950 bits per heavy atom. The molecule has 0 aliphatic heterocycles. The molecule has 0 radical (unpaired) electrons. The fourth-order valence-electron chi connectivity index (χ4n) is 2.18. The minimum Gasteiger partial charge on any atom is -0.309 e. The predicted octanol–water partition coefficient (Wildman–Crippen LogP) is 4.32. The van der Waals surface area contributed by atoms with E-state index in [0.717, 1.165) is 17.2 Å². The first-order valence-corrected chi connectivity index (χ1v) is 6.33. The molecular weight excluding hydrogens is 263 g/mol. The normalized spacial score (nSPS) is 13.2. The summed E-state index contributed by atoms with van der Waals surface area (Å²) in [4.78, 5) is 0. The molecule has 0 bridgehead atoms. The van der Waals surface area contributed by atoms with Crippen LogP contribution in [0.3, 0.4) is 0 Å². The summed E-state index contributed by atoms with van der Waals surface area (Å²) in [5, 5.41) is 3.07. The van der Waals surface area contributed by atoms with Crippen molar-refractivity contribution < 1.29 is 13.2 Å². The van der Waals surface area contributed by atoms with Crippen molar-refractivity contribution in [3.05, 3.63) is 70.8 Å². The average Bonchev–Trinajstić information content (AvgIpc) is 2.41. The van der Waals surface area contributed by atoms with Gasteiger partial charge in [0.05, 0.1) is 11.6 Å². The van der Waals surface area contributed by atoms with Gasteiger partial charge in [0.25, 0.3) is 0 Å². The van der Waals surface area contributed by atoms with Crippen LogP contribution in [-0.4, -0.2) is 7.05 Å². The molecule has 1 N–H and O–H groups in total. The van der Waals surface area contributed by atoms with Crippen molar-refractivity contribution >= 4 is 0 Å².